The number of hydrogen-bond acceptors (Lipinski definition) is 3. The highest BCUT2D eigenvalue weighted by atomic mass is 127. The van der Waals surface area contributed by atoms with Crippen molar-refractivity contribution in [2.24, 2.45) is 10.9 Å². The first-order chi connectivity index (χ1) is 10.2. The SMILES string of the molecule is CCNC(=NCC(C)c1cccs1)N(C)CC1CCOC1.I. The van der Waals surface area contributed by atoms with E-state index >= 15 is 0 Å². The molecule has 0 radical (unpaired) electrons. The highest BCUT2D eigenvalue weighted by molar-refractivity contribution is 14.0. The number of halogens is 1. The van der Waals surface area contributed by atoms with Crippen LogP contribution < -0.4 is 5.32 Å². The van der Waals surface area contributed by atoms with Gasteiger partial charge in [0.05, 0.1) is 13.2 Å². The summed E-state index contributed by atoms with van der Waals surface area (Å²) in [5.41, 5.74) is 0. The molecular weight excluding hydrogens is 409 g/mol. The monoisotopic (exact) mass is 437 g/mol. The topological polar surface area (TPSA) is 36.9 Å². The normalized spacial score (nSPS) is 19.6. The lowest BCUT2D eigenvalue weighted by atomic mass is 10.1. The van der Waals surface area contributed by atoms with E-state index in [4.69, 9.17) is 9.73 Å². The van der Waals surface area contributed by atoms with Gasteiger partial charge in [-0.2, -0.15) is 0 Å². The number of nitrogens with zero attached hydrogens (tertiary/aromatic N) is 2. The predicted octanol–water partition coefficient (Wildman–Crippen LogP) is 3.40. The number of ether oxygens (including phenoxy) is 1. The van der Waals surface area contributed by atoms with E-state index in [1.54, 1.807) is 0 Å². The Morgan fingerprint density at radius 2 is 2.41 bits per heavy atom. The summed E-state index contributed by atoms with van der Waals surface area (Å²) in [4.78, 5) is 8.45. The third-order valence-corrected chi connectivity index (χ3v) is 4.90. The molecule has 2 rings (SSSR count). The van der Waals surface area contributed by atoms with Gasteiger partial charge in [-0.05, 0) is 24.8 Å². The highest BCUT2D eigenvalue weighted by Crippen LogP contribution is 2.21. The summed E-state index contributed by atoms with van der Waals surface area (Å²) < 4.78 is 5.46. The molecule has 0 bridgehead atoms. The van der Waals surface area contributed by atoms with Crippen LogP contribution in [0.2, 0.25) is 0 Å². The number of nitrogens with one attached hydrogen (secondary N) is 1. The Morgan fingerprint density at radius 3 is 3.00 bits per heavy atom. The van der Waals surface area contributed by atoms with E-state index in [9.17, 15) is 0 Å². The minimum absolute atomic E-state index is 0. The van der Waals surface area contributed by atoms with Crippen LogP contribution in [0.5, 0.6) is 0 Å². The third kappa shape index (κ3) is 6.04. The van der Waals surface area contributed by atoms with Gasteiger partial charge in [-0.1, -0.05) is 13.0 Å². The van der Waals surface area contributed by atoms with Crippen molar-refractivity contribution in [1.29, 1.82) is 0 Å². The molecule has 1 N–H and O–H groups in total. The molecule has 6 heteroatoms. The molecule has 22 heavy (non-hydrogen) atoms. The van der Waals surface area contributed by atoms with Gasteiger partial charge >= 0.3 is 0 Å². The van der Waals surface area contributed by atoms with Crippen LogP contribution in [0.1, 0.15) is 31.1 Å². The second kappa shape index (κ2) is 10.4. The molecule has 1 fully saturated rings. The predicted molar refractivity (Wildman–Crippen MR) is 106 cm³/mol. The molecule has 1 aliphatic rings. The second-order valence-corrected chi connectivity index (χ2v) is 6.70. The van der Waals surface area contributed by atoms with Crippen molar-refractivity contribution in [2.45, 2.75) is 26.2 Å². The average molecular weight is 437 g/mol. The minimum Gasteiger partial charge on any atom is -0.381 e. The average Bonchev–Trinajstić information content (AvgIpc) is 3.15. The Bertz CT molecular complexity index is 433. The first-order valence-corrected chi connectivity index (χ1v) is 8.69. The van der Waals surface area contributed by atoms with Crippen molar-refractivity contribution in [3.8, 4) is 0 Å². The molecule has 1 aromatic rings. The number of hydrogen-bond donors (Lipinski definition) is 1. The Kier molecular flexibility index (Phi) is 9.35. The first-order valence-electron chi connectivity index (χ1n) is 7.81. The maximum absolute atomic E-state index is 5.46. The molecule has 2 heterocycles. The van der Waals surface area contributed by atoms with Gasteiger partial charge in [0.25, 0.3) is 0 Å². The van der Waals surface area contributed by atoms with Crippen LogP contribution in [0.25, 0.3) is 0 Å². The summed E-state index contributed by atoms with van der Waals surface area (Å²) in [7, 11) is 2.12. The summed E-state index contributed by atoms with van der Waals surface area (Å²) >= 11 is 1.81. The Morgan fingerprint density at radius 1 is 1.59 bits per heavy atom. The fraction of sp³-hybridized carbons (Fsp3) is 0.688. The van der Waals surface area contributed by atoms with E-state index in [0.717, 1.165) is 45.2 Å². The molecule has 2 unspecified atom stereocenters. The van der Waals surface area contributed by atoms with E-state index in [0.29, 0.717) is 11.8 Å². The van der Waals surface area contributed by atoms with Crippen LogP contribution in [-0.4, -0.2) is 50.8 Å². The summed E-state index contributed by atoms with van der Waals surface area (Å²) in [6.07, 6.45) is 1.16. The minimum atomic E-state index is 0. The van der Waals surface area contributed by atoms with E-state index in [1.165, 1.54) is 4.88 Å². The zero-order valence-electron chi connectivity index (χ0n) is 13.7. The van der Waals surface area contributed by atoms with Crippen LogP contribution in [0.3, 0.4) is 0 Å². The second-order valence-electron chi connectivity index (χ2n) is 5.72. The number of rotatable bonds is 6. The highest BCUT2D eigenvalue weighted by Gasteiger charge is 2.19. The van der Waals surface area contributed by atoms with Crippen LogP contribution in [-0.2, 0) is 4.74 Å². The van der Waals surface area contributed by atoms with Crippen molar-refractivity contribution in [3.63, 3.8) is 0 Å². The molecule has 1 saturated heterocycles. The molecule has 0 amide bonds. The van der Waals surface area contributed by atoms with Gasteiger partial charge in [-0.25, -0.2) is 0 Å². The Balaban J connectivity index is 0.00000242. The Hall–Kier alpha value is -0.340. The van der Waals surface area contributed by atoms with E-state index < -0.39 is 0 Å². The lowest BCUT2D eigenvalue weighted by Gasteiger charge is -2.25. The summed E-state index contributed by atoms with van der Waals surface area (Å²) in [5, 5.41) is 5.53. The maximum Gasteiger partial charge on any atom is 0.193 e. The van der Waals surface area contributed by atoms with Gasteiger partial charge in [0.1, 0.15) is 0 Å². The Labute approximate surface area is 155 Å². The van der Waals surface area contributed by atoms with Crippen molar-refractivity contribution in [1.82, 2.24) is 10.2 Å². The zero-order valence-corrected chi connectivity index (χ0v) is 16.9. The van der Waals surface area contributed by atoms with Crippen molar-refractivity contribution in [3.05, 3.63) is 22.4 Å². The molecule has 0 saturated carbocycles. The fourth-order valence-corrected chi connectivity index (χ4v) is 3.33. The van der Waals surface area contributed by atoms with Gasteiger partial charge in [0.2, 0.25) is 0 Å². The quantitative estimate of drug-likeness (QED) is 0.421. The zero-order chi connectivity index (χ0) is 15.1. The van der Waals surface area contributed by atoms with Crippen LogP contribution in [0.4, 0.5) is 0 Å². The van der Waals surface area contributed by atoms with Gasteiger partial charge in [0, 0.05) is 43.5 Å². The molecule has 2 atom stereocenters. The van der Waals surface area contributed by atoms with E-state index in [2.05, 4.69) is 48.6 Å². The molecule has 0 aromatic carbocycles. The summed E-state index contributed by atoms with van der Waals surface area (Å²) in [6, 6.07) is 4.30. The van der Waals surface area contributed by atoms with Crippen molar-refractivity contribution >= 4 is 41.3 Å². The van der Waals surface area contributed by atoms with Gasteiger partial charge in [-0.3, -0.25) is 4.99 Å². The molecule has 0 spiro atoms. The smallest absolute Gasteiger partial charge is 0.193 e. The van der Waals surface area contributed by atoms with Crippen molar-refractivity contribution in [2.75, 3.05) is 39.9 Å². The van der Waals surface area contributed by atoms with Crippen LogP contribution in [0.15, 0.2) is 22.5 Å². The standard InChI is InChI=1S/C16H27N3OS.HI/c1-4-17-16(19(3)11-14-7-8-20-12-14)18-10-13(2)15-6-5-9-21-15;/h5-6,9,13-14H,4,7-8,10-12H2,1-3H3,(H,17,18);1H. The molecule has 1 aromatic heterocycles. The molecule has 0 aliphatic carbocycles. The summed E-state index contributed by atoms with van der Waals surface area (Å²) in [5.74, 6) is 2.11. The van der Waals surface area contributed by atoms with Crippen LogP contribution >= 0.6 is 35.3 Å². The van der Waals surface area contributed by atoms with Gasteiger partial charge in [0.15, 0.2) is 5.96 Å². The lowest BCUT2D eigenvalue weighted by molar-refractivity contribution is 0.181. The van der Waals surface area contributed by atoms with Crippen LogP contribution in [0, 0.1) is 5.92 Å². The first kappa shape index (κ1) is 19.7. The number of aliphatic imine (C=N–C) groups is 1. The summed E-state index contributed by atoms with van der Waals surface area (Å²) in [6.45, 7) is 8.89. The molecular formula is C16H28IN3OS. The third-order valence-electron chi connectivity index (χ3n) is 3.80. The maximum atomic E-state index is 5.46. The molecule has 126 valence electrons. The van der Waals surface area contributed by atoms with E-state index in [-0.39, 0.29) is 24.0 Å². The molecule has 1 aliphatic heterocycles. The largest absolute Gasteiger partial charge is 0.381 e. The number of thiophene rings is 1. The fourth-order valence-electron chi connectivity index (χ4n) is 2.56. The van der Waals surface area contributed by atoms with Gasteiger partial charge < -0.3 is 15.0 Å². The van der Waals surface area contributed by atoms with E-state index in [1.807, 2.05) is 11.3 Å². The lowest BCUT2D eigenvalue weighted by Crippen LogP contribution is -2.41. The molecule has 4 nitrogen and oxygen atoms in total. The number of guanidine groups is 1. The van der Waals surface area contributed by atoms with Crippen molar-refractivity contribution < 1.29 is 4.74 Å². The van der Waals surface area contributed by atoms with Gasteiger partial charge in [-0.15, -0.1) is 35.3 Å².